The Morgan fingerprint density at radius 3 is 2.92 bits per heavy atom. The van der Waals surface area contributed by atoms with Crippen LogP contribution >= 0.6 is 24.0 Å². The van der Waals surface area contributed by atoms with Crippen molar-refractivity contribution in [3.05, 3.63) is 29.8 Å². The molecule has 0 radical (unpaired) electrons. The Morgan fingerprint density at radius 1 is 1.38 bits per heavy atom. The summed E-state index contributed by atoms with van der Waals surface area (Å²) in [5.74, 6) is 1.92. The van der Waals surface area contributed by atoms with E-state index in [1.807, 2.05) is 32.2 Å². The van der Waals surface area contributed by atoms with Crippen molar-refractivity contribution in [2.24, 2.45) is 10.4 Å². The number of ether oxygens (including phenoxy) is 2. The molecule has 2 saturated heterocycles. The topological polar surface area (TPSA) is 46.1 Å². The van der Waals surface area contributed by atoms with Gasteiger partial charge in [-0.25, -0.2) is 0 Å². The third kappa shape index (κ3) is 4.33. The Labute approximate surface area is 161 Å². The lowest BCUT2D eigenvalue weighted by Crippen LogP contribution is -2.41. The first-order valence-corrected chi connectivity index (χ1v) is 8.50. The third-order valence-corrected chi connectivity index (χ3v) is 4.84. The Balaban J connectivity index is 0.00000208. The van der Waals surface area contributed by atoms with Gasteiger partial charge in [-0.1, -0.05) is 18.2 Å². The first kappa shape index (κ1) is 19.3. The summed E-state index contributed by atoms with van der Waals surface area (Å²) in [6.45, 7) is 7.31. The third-order valence-electron chi connectivity index (χ3n) is 4.84. The summed E-state index contributed by atoms with van der Waals surface area (Å²) in [5.41, 5.74) is 1.51. The molecule has 2 heterocycles. The van der Waals surface area contributed by atoms with E-state index in [9.17, 15) is 0 Å². The second-order valence-corrected chi connectivity index (χ2v) is 6.42. The predicted octanol–water partition coefficient (Wildman–Crippen LogP) is 2.89. The number of hydrogen-bond acceptors (Lipinski definition) is 3. The Hall–Kier alpha value is -1.02. The highest BCUT2D eigenvalue weighted by Gasteiger charge is 2.42. The van der Waals surface area contributed by atoms with Gasteiger partial charge in [0.25, 0.3) is 0 Å². The summed E-state index contributed by atoms with van der Waals surface area (Å²) >= 11 is 0. The highest BCUT2D eigenvalue weighted by atomic mass is 127. The van der Waals surface area contributed by atoms with Gasteiger partial charge in [0.15, 0.2) is 5.96 Å². The average molecular weight is 445 g/mol. The lowest BCUT2D eigenvalue weighted by molar-refractivity contribution is 0.156. The molecule has 2 aliphatic heterocycles. The summed E-state index contributed by atoms with van der Waals surface area (Å²) < 4.78 is 11.3. The molecule has 2 aliphatic rings. The summed E-state index contributed by atoms with van der Waals surface area (Å²) in [6.07, 6.45) is 2.37. The summed E-state index contributed by atoms with van der Waals surface area (Å²) in [7, 11) is 1.85. The van der Waals surface area contributed by atoms with E-state index in [1.54, 1.807) is 0 Å². The van der Waals surface area contributed by atoms with E-state index in [-0.39, 0.29) is 24.0 Å². The number of rotatable bonds is 4. The molecule has 0 bridgehead atoms. The number of likely N-dealkylation sites (tertiary alicyclic amines) is 1. The van der Waals surface area contributed by atoms with Crippen LogP contribution in [0.4, 0.5) is 0 Å². The molecule has 3 rings (SSSR count). The van der Waals surface area contributed by atoms with Crippen molar-refractivity contribution in [2.75, 3.05) is 40.0 Å². The molecule has 1 atom stereocenters. The monoisotopic (exact) mass is 445 g/mol. The van der Waals surface area contributed by atoms with Crippen LogP contribution in [0.5, 0.6) is 5.75 Å². The number of hydrogen-bond donors (Lipinski definition) is 1. The Morgan fingerprint density at radius 2 is 2.21 bits per heavy atom. The van der Waals surface area contributed by atoms with Gasteiger partial charge in [-0.05, 0) is 25.8 Å². The second-order valence-electron chi connectivity index (χ2n) is 6.42. The van der Waals surface area contributed by atoms with Gasteiger partial charge in [-0.2, -0.15) is 0 Å². The van der Waals surface area contributed by atoms with Crippen LogP contribution in [0.25, 0.3) is 0 Å². The fourth-order valence-electron chi connectivity index (χ4n) is 3.54. The van der Waals surface area contributed by atoms with Crippen LogP contribution in [-0.2, 0) is 11.3 Å². The van der Waals surface area contributed by atoms with Gasteiger partial charge in [-0.3, -0.25) is 4.99 Å². The predicted molar refractivity (Wildman–Crippen MR) is 107 cm³/mol. The smallest absolute Gasteiger partial charge is 0.193 e. The minimum Gasteiger partial charge on any atom is -0.494 e. The average Bonchev–Trinajstić information content (AvgIpc) is 3.20. The molecular formula is C18H28IN3O2. The zero-order valence-electron chi connectivity index (χ0n) is 14.6. The van der Waals surface area contributed by atoms with Crippen LogP contribution < -0.4 is 10.1 Å². The molecule has 0 amide bonds. The molecule has 1 unspecified atom stereocenters. The number of nitrogens with one attached hydrogen (secondary N) is 1. The SMILES string of the molecule is CCOc1ccccc1CNC(=NC)N1CCC2(CCOC2)C1.I. The van der Waals surface area contributed by atoms with Crippen LogP contribution in [0.2, 0.25) is 0 Å². The molecule has 2 fully saturated rings. The summed E-state index contributed by atoms with van der Waals surface area (Å²) in [4.78, 5) is 6.82. The largest absolute Gasteiger partial charge is 0.494 e. The van der Waals surface area contributed by atoms with E-state index in [4.69, 9.17) is 9.47 Å². The van der Waals surface area contributed by atoms with E-state index >= 15 is 0 Å². The molecular weight excluding hydrogens is 417 g/mol. The molecule has 1 N–H and O–H groups in total. The number of halogens is 1. The minimum absolute atomic E-state index is 0. The van der Waals surface area contributed by atoms with Gasteiger partial charge >= 0.3 is 0 Å². The molecule has 134 valence electrons. The summed E-state index contributed by atoms with van der Waals surface area (Å²) in [5, 5.41) is 3.49. The molecule has 0 aliphatic carbocycles. The van der Waals surface area contributed by atoms with Crippen molar-refractivity contribution in [3.8, 4) is 5.75 Å². The first-order valence-electron chi connectivity index (χ1n) is 8.50. The number of guanidine groups is 1. The van der Waals surface area contributed by atoms with Crippen molar-refractivity contribution in [2.45, 2.75) is 26.3 Å². The highest BCUT2D eigenvalue weighted by Crippen LogP contribution is 2.38. The van der Waals surface area contributed by atoms with E-state index in [2.05, 4.69) is 21.3 Å². The molecule has 0 aromatic heterocycles. The molecule has 6 heteroatoms. The van der Waals surface area contributed by atoms with Gasteiger partial charge in [0.1, 0.15) is 5.75 Å². The van der Waals surface area contributed by atoms with Crippen LogP contribution in [0.3, 0.4) is 0 Å². The van der Waals surface area contributed by atoms with Crippen molar-refractivity contribution in [1.29, 1.82) is 0 Å². The summed E-state index contributed by atoms with van der Waals surface area (Å²) in [6, 6.07) is 8.17. The first-order chi connectivity index (χ1) is 11.3. The van der Waals surface area contributed by atoms with Crippen molar-refractivity contribution in [1.82, 2.24) is 10.2 Å². The van der Waals surface area contributed by atoms with Gasteiger partial charge < -0.3 is 19.7 Å². The molecule has 5 nitrogen and oxygen atoms in total. The van der Waals surface area contributed by atoms with Gasteiger partial charge in [0.2, 0.25) is 0 Å². The second kappa shape index (κ2) is 8.89. The minimum atomic E-state index is 0. The normalized spacial score (nSPS) is 23.4. The van der Waals surface area contributed by atoms with E-state index in [0.717, 1.165) is 50.1 Å². The quantitative estimate of drug-likeness (QED) is 0.440. The van der Waals surface area contributed by atoms with E-state index < -0.39 is 0 Å². The Kier molecular flexibility index (Phi) is 7.16. The molecule has 0 saturated carbocycles. The van der Waals surface area contributed by atoms with Crippen molar-refractivity contribution in [3.63, 3.8) is 0 Å². The number of para-hydroxylation sites is 1. The van der Waals surface area contributed by atoms with Gasteiger partial charge in [-0.15, -0.1) is 24.0 Å². The number of nitrogens with zero attached hydrogens (tertiary/aromatic N) is 2. The zero-order chi connectivity index (χ0) is 16.1. The molecule has 1 aromatic carbocycles. The van der Waals surface area contributed by atoms with Crippen molar-refractivity contribution >= 4 is 29.9 Å². The van der Waals surface area contributed by atoms with E-state index in [1.165, 1.54) is 12.8 Å². The lowest BCUT2D eigenvalue weighted by atomic mass is 9.87. The number of aliphatic imine (C=N–C) groups is 1. The van der Waals surface area contributed by atoms with Crippen LogP contribution in [-0.4, -0.2) is 50.8 Å². The van der Waals surface area contributed by atoms with E-state index in [0.29, 0.717) is 12.0 Å². The zero-order valence-corrected chi connectivity index (χ0v) is 16.9. The number of benzene rings is 1. The van der Waals surface area contributed by atoms with Crippen LogP contribution in [0.15, 0.2) is 29.3 Å². The molecule has 24 heavy (non-hydrogen) atoms. The lowest BCUT2D eigenvalue weighted by Gasteiger charge is -2.25. The van der Waals surface area contributed by atoms with Gasteiger partial charge in [0, 0.05) is 44.3 Å². The molecule has 1 spiro atoms. The highest BCUT2D eigenvalue weighted by molar-refractivity contribution is 14.0. The van der Waals surface area contributed by atoms with Crippen molar-refractivity contribution < 1.29 is 9.47 Å². The van der Waals surface area contributed by atoms with Crippen LogP contribution in [0.1, 0.15) is 25.3 Å². The standard InChI is InChI=1S/C18H27N3O2.HI/c1-3-23-16-7-5-4-6-15(16)12-20-17(19-2)21-10-8-18(13-21)9-11-22-14-18;/h4-7H,3,8-14H2,1-2H3,(H,19,20);1H. The Bertz CT molecular complexity index is 559. The molecule has 1 aromatic rings. The maximum absolute atomic E-state index is 5.69. The fourth-order valence-corrected chi connectivity index (χ4v) is 3.54. The van der Waals surface area contributed by atoms with Gasteiger partial charge in [0.05, 0.1) is 13.2 Å². The maximum atomic E-state index is 5.69. The fraction of sp³-hybridized carbons (Fsp3) is 0.611. The maximum Gasteiger partial charge on any atom is 0.193 e. The van der Waals surface area contributed by atoms with Crippen LogP contribution in [0, 0.1) is 5.41 Å².